The van der Waals surface area contributed by atoms with Crippen LogP contribution in [-0.4, -0.2) is 22.5 Å². The Balaban J connectivity index is 1.38. The number of hydrogen-bond acceptors (Lipinski definition) is 4. The Hall–Kier alpha value is -4.32. The molecule has 0 bridgehead atoms. The second-order valence-electron chi connectivity index (χ2n) is 7.93. The first kappa shape index (κ1) is 22.9. The molecule has 1 amide bonds. The summed E-state index contributed by atoms with van der Waals surface area (Å²) in [6, 6.07) is 28.0. The summed E-state index contributed by atoms with van der Waals surface area (Å²) < 4.78 is 13.2. The standard InChI is InChI=1S/C28H26N2O4/c1-19-18-26(20(2)30(19)23-10-6-4-7-11-23)28(32)33-21(3)27(31)29-22-14-16-25(17-15-22)34-24-12-8-5-9-13-24/h4-18,21H,1-3H3,(H,29,31). The molecule has 4 aromatic rings. The van der Waals surface area contributed by atoms with E-state index >= 15 is 0 Å². The minimum Gasteiger partial charge on any atom is -0.457 e. The zero-order valence-electron chi connectivity index (χ0n) is 19.3. The van der Waals surface area contributed by atoms with Gasteiger partial charge in [-0.2, -0.15) is 0 Å². The number of carbonyl (C=O) groups is 2. The second-order valence-corrected chi connectivity index (χ2v) is 7.93. The van der Waals surface area contributed by atoms with Gasteiger partial charge in [0.05, 0.1) is 5.56 Å². The van der Waals surface area contributed by atoms with Crippen LogP contribution in [0.3, 0.4) is 0 Å². The fraction of sp³-hybridized carbons (Fsp3) is 0.143. The number of esters is 1. The lowest BCUT2D eigenvalue weighted by Crippen LogP contribution is -2.30. The molecule has 1 heterocycles. The van der Waals surface area contributed by atoms with Crippen LogP contribution in [0.5, 0.6) is 11.5 Å². The number of para-hydroxylation sites is 2. The minimum absolute atomic E-state index is 0.415. The van der Waals surface area contributed by atoms with Crippen LogP contribution in [0.25, 0.3) is 5.69 Å². The Labute approximate surface area is 198 Å². The first-order valence-corrected chi connectivity index (χ1v) is 11.0. The van der Waals surface area contributed by atoms with E-state index in [9.17, 15) is 9.59 Å². The van der Waals surface area contributed by atoms with Crippen molar-refractivity contribution < 1.29 is 19.1 Å². The lowest BCUT2D eigenvalue weighted by molar-refractivity contribution is -0.123. The van der Waals surface area contributed by atoms with Crippen molar-refractivity contribution in [1.29, 1.82) is 0 Å². The van der Waals surface area contributed by atoms with Gasteiger partial charge in [-0.05, 0) is 75.4 Å². The van der Waals surface area contributed by atoms with Crippen molar-refractivity contribution in [3.63, 3.8) is 0 Å². The maximum Gasteiger partial charge on any atom is 0.340 e. The van der Waals surface area contributed by atoms with E-state index < -0.39 is 18.0 Å². The highest BCUT2D eigenvalue weighted by molar-refractivity contribution is 5.98. The molecule has 1 atom stereocenters. The van der Waals surface area contributed by atoms with Gasteiger partial charge in [0, 0.05) is 22.8 Å². The number of hydrogen-bond donors (Lipinski definition) is 1. The molecule has 0 spiro atoms. The van der Waals surface area contributed by atoms with Gasteiger partial charge in [0.15, 0.2) is 6.10 Å². The fourth-order valence-electron chi connectivity index (χ4n) is 3.70. The third-order valence-electron chi connectivity index (χ3n) is 5.42. The van der Waals surface area contributed by atoms with Gasteiger partial charge < -0.3 is 19.4 Å². The van der Waals surface area contributed by atoms with E-state index in [-0.39, 0.29) is 0 Å². The molecular formula is C28H26N2O4. The summed E-state index contributed by atoms with van der Waals surface area (Å²) in [4.78, 5) is 25.4. The maximum absolute atomic E-state index is 12.8. The number of rotatable bonds is 7. The molecule has 4 rings (SSSR count). The molecular weight excluding hydrogens is 428 g/mol. The number of amides is 1. The zero-order chi connectivity index (χ0) is 24.1. The molecule has 0 aliphatic heterocycles. The van der Waals surface area contributed by atoms with E-state index in [1.54, 1.807) is 37.3 Å². The van der Waals surface area contributed by atoms with Gasteiger partial charge in [-0.15, -0.1) is 0 Å². The second kappa shape index (κ2) is 10.1. The van der Waals surface area contributed by atoms with Crippen LogP contribution in [0.2, 0.25) is 0 Å². The normalized spacial score (nSPS) is 11.5. The molecule has 0 radical (unpaired) electrons. The predicted octanol–water partition coefficient (Wildman–Crippen LogP) is 6.07. The number of anilines is 1. The van der Waals surface area contributed by atoms with Crippen molar-refractivity contribution in [3.05, 3.63) is 108 Å². The maximum atomic E-state index is 12.8. The first-order chi connectivity index (χ1) is 16.4. The molecule has 6 nitrogen and oxygen atoms in total. The summed E-state index contributed by atoms with van der Waals surface area (Å²) >= 11 is 0. The van der Waals surface area contributed by atoms with Crippen LogP contribution in [0, 0.1) is 13.8 Å². The topological polar surface area (TPSA) is 69.6 Å². The molecule has 0 saturated carbocycles. The van der Waals surface area contributed by atoms with Crippen LogP contribution in [0.4, 0.5) is 5.69 Å². The third kappa shape index (κ3) is 5.18. The summed E-state index contributed by atoms with van der Waals surface area (Å²) in [5, 5.41) is 2.77. The van der Waals surface area contributed by atoms with Gasteiger partial charge in [-0.25, -0.2) is 4.79 Å². The largest absolute Gasteiger partial charge is 0.457 e. The van der Waals surface area contributed by atoms with Crippen molar-refractivity contribution >= 4 is 17.6 Å². The van der Waals surface area contributed by atoms with E-state index in [0.717, 1.165) is 22.8 Å². The molecule has 1 aromatic heterocycles. The molecule has 0 aliphatic carbocycles. The number of aryl methyl sites for hydroxylation is 1. The molecule has 0 fully saturated rings. The van der Waals surface area contributed by atoms with Gasteiger partial charge >= 0.3 is 5.97 Å². The van der Waals surface area contributed by atoms with Gasteiger partial charge in [0.1, 0.15) is 11.5 Å². The van der Waals surface area contributed by atoms with E-state index in [4.69, 9.17) is 9.47 Å². The molecule has 1 N–H and O–H groups in total. The molecule has 172 valence electrons. The summed E-state index contributed by atoms with van der Waals surface area (Å²) in [5.74, 6) is 0.426. The van der Waals surface area contributed by atoms with Gasteiger partial charge in [0.2, 0.25) is 0 Å². The van der Waals surface area contributed by atoms with Gasteiger partial charge in [-0.1, -0.05) is 36.4 Å². The van der Waals surface area contributed by atoms with E-state index in [0.29, 0.717) is 17.0 Å². The minimum atomic E-state index is -0.965. The zero-order valence-corrected chi connectivity index (χ0v) is 19.3. The molecule has 0 aliphatic rings. The average Bonchev–Trinajstić information content (AvgIpc) is 3.15. The summed E-state index contributed by atoms with van der Waals surface area (Å²) in [5.41, 5.74) is 3.64. The van der Waals surface area contributed by atoms with Crippen LogP contribution in [-0.2, 0) is 9.53 Å². The summed E-state index contributed by atoms with van der Waals surface area (Å²) in [6.45, 7) is 5.34. The van der Waals surface area contributed by atoms with Crippen LogP contribution >= 0.6 is 0 Å². The van der Waals surface area contributed by atoms with Crippen LogP contribution in [0.15, 0.2) is 91.0 Å². The Morgan fingerprint density at radius 1 is 0.824 bits per heavy atom. The molecule has 3 aromatic carbocycles. The Morgan fingerprint density at radius 3 is 2.06 bits per heavy atom. The van der Waals surface area contributed by atoms with E-state index in [1.807, 2.05) is 79.1 Å². The highest BCUT2D eigenvalue weighted by atomic mass is 16.5. The van der Waals surface area contributed by atoms with Crippen molar-refractivity contribution in [3.8, 4) is 17.2 Å². The highest BCUT2D eigenvalue weighted by Crippen LogP contribution is 2.24. The highest BCUT2D eigenvalue weighted by Gasteiger charge is 2.23. The first-order valence-electron chi connectivity index (χ1n) is 11.0. The van der Waals surface area contributed by atoms with Crippen molar-refractivity contribution in [1.82, 2.24) is 4.57 Å². The number of benzene rings is 3. The Morgan fingerprint density at radius 2 is 1.41 bits per heavy atom. The summed E-state index contributed by atoms with van der Waals surface area (Å²) in [7, 11) is 0. The SMILES string of the molecule is Cc1cc(C(=O)OC(C)C(=O)Nc2ccc(Oc3ccccc3)cc2)c(C)n1-c1ccccc1. The van der Waals surface area contributed by atoms with Gasteiger partial charge in [-0.3, -0.25) is 4.79 Å². The Bertz CT molecular complexity index is 1280. The van der Waals surface area contributed by atoms with Gasteiger partial charge in [0.25, 0.3) is 5.91 Å². The van der Waals surface area contributed by atoms with Crippen molar-refractivity contribution in [2.75, 3.05) is 5.32 Å². The molecule has 6 heteroatoms. The molecule has 0 saturated heterocycles. The lowest BCUT2D eigenvalue weighted by Gasteiger charge is -2.14. The van der Waals surface area contributed by atoms with Crippen molar-refractivity contribution in [2.45, 2.75) is 26.9 Å². The number of aromatic nitrogens is 1. The van der Waals surface area contributed by atoms with E-state index in [2.05, 4.69) is 5.32 Å². The molecule has 34 heavy (non-hydrogen) atoms. The third-order valence-corrected chi connectivity index (χ3v) is 5.42. The number of nitrogens with one attached hydrogen (secondary N) is 1. The average molecular weight is 455 g/mol. The molecule has 1 unspecified atom stereocenters. The monoisotopic (exact) mass is 454 g/mol. The lowest BCUT2D eigenvalue weighted by atomic mass is 10.2. The number of carbonyl (C=O) groups excluding carboxylic acids is 2. The summed E-state index contributed by atoms with van der Waals surface area (Å²) in [6.07, 6.45) is -0.965. The van der Waals surface area contributed by atoms with Crippen molar-refractivity contribution in [2.24, 2.45) is 0 Å². The van der Waals surface area contributed by atoms with E-state index in [1.165, 1.54) is 0 Å². The van der Waals surface area contributed by atoms with Crippen LogP contribution < -0.4 is 10.1 Å². The number of nitrogens with zero attached hydrogens (tertiary/aromatic N) is 1. The number of ether oxygens (including phenoxy) is 2. The Kier molecular flexibility index (Phi) is 6.78. The quantitative estimate of drug-likeness (QED) is 0.344. The fourth-order valence-corrected chi connectivity index (χ4v) is 3.70. The predicted molar refractivity (Wildman–Crippen MR) is 132 cm³/mol. The van der Waals surface area contributed by atoms with Crippen LogP contribution in [0.1, 0.15) is 28.7 Å². The smallest absolute Gasteiger partial charge is 0.340 e.